The minimum absolute atomic E-state index is 0.602. The lowest BCUT2D eigenvalue weighted by atomic mass is 10.3. The molecule has 0 fully saturated rings. The zero-order valence-corrected chi connectivity index (χ0v) is 8.71. The van der Waals surface area contributed by atoms with Crippen LogP contribution in [0.3, 0.4) is 0 Å². The van der Waals surface area contributed by atoms with Gasteiger partial charge in [0.05, 0.1) is 10.7 Å². The SMILES string of the molecule is CCn1nc(-c2ncn[nH]2)c(Cl)c1C. The molecule has 0 atom stereocenters. The molecule has 0 aliphatic carbocycles. The van der Waals surface area contributed by atoms with Crippen molar-refractivity contribution in [1.29, 1.82) is 0 Å². The van der Waals surface area contributed by atoms with Crippen molar-refractivity contribution in [1.82, 2.24) is 25.0 Å². The highest BCUT2D eigenvalue weighted by Gasteiger charge is 2.15. The molecule has 2 heterocycles. The summed E-state index contributed by atoms with van der Waals surface area (Å²) in [5.74, 6) is 0.602. The third-order valence-corrected chi connectivity index (χ3v) is 2.52. The molecule has 2 rings (SSSR count). The predicted octanol–water partition coefficient (Wildman–Crippen LogP) is 1.65. The summed E-state index contributed by atoms with van der Waals surface area (Å²) in [7, 11) is 0. The van der Waals surface area contributed by atoms with Crippen LogP contribution < -0.4 is 0 Å². The highest BCUT2D eigenvalue weighted by atomic mass is 35.5. The summed E-state index contributed by atoms with van der Waals surface area (Å²) in [4.78, 5) is 4.01. The van der Waals surface area contributed by atoms with Gasteiger partial charge in [-0.15, -0.1) is 0 Å². The van der Waals surface area contributed by atoms with Crippen molar-refractivity contribution in [2.45, 2.75) is 20.4 Å². The molecule has 0 aromatic carbocycles. The lowest BCUT2D eigenvalue weighted by Gasteiger charge is -1.96. The van der Waals surface area contributed by atoms with E-state index < -0.39 is 0 Å². The van der Waals surface area contributed by atoms with E-state index in [-0.39, 0.29) is 0 Å². The molecule has 0 radical (unpaired) electrons. The maximum atomic E-state index is 6.11. The largest absolute Gasteiger partial charge is 0.268 e. The number of aromatic nitrogens is 5. The topological polar surface area (TPSA) is 59.4 Å². The maximum Gasteiger partial charge on any atom is 0.177 e. The Hall–Kier alpha value is -1.36. The Morgan fingerprint density at radius 1 is 1.57 bits per heavy atom. The van der Waals surface area contributed by atoms with Gasteiger partial charge in [0.2, 0.25) is 0 Å². The molecule has 0 bridgehead atoms. The van der Waals surface area contributed by atoms with Crippen molar-refractivity contribution in [3.8, 4) is 11.5 Å². The predicted molar refractivity (Wildman–Crippen MR) is 53.0 cm³/mol. The van der Waals surface area contributed by atoms with E-state index in [1.54, 1.807) is 0 Å². The number of hydrogen-bond donors (Lipinski definition) is 1. The van der Waals surface area contributed by atoms with Gasteiger partial charge in [-0.05, 0) is 13.8 Å². The summed E-state index contributed by atoms with van der Waals surface area (Å²) >= 11 is 6.11. The van der Waals surface area contributed by atoms with Crippen LogP contribution >= 0.6 is 11.6 Å². The fourth-order valence-electron chi connectivity index (χ4n) is 1.30. The minimum atomic E-state index is 0.602. The van der Waals surface area contributed by atoms with Gasteiger partial charge in [0.1, 0.15) is 12.0 Å². The number of aromatic amines is 1. The Bertz CT molecular complexity index is 431. The van der Waals surface area contributed by atoms with E-state index in [1.807, 2.05) is 18.5 Å². The van der Waals surface area contributed by atoms with Crippen LogP contribution in [0.2, 0.25) is 5.02 Å². The zero-order chi connectivity index (χ0) is 10.1. The highest BCUT2D eigenvalue weighted by Crippen LogP contribution is 2.26. The Morgan fingerprint density at radius 3 is 2.86 bits per heavy atom. The minimum Gasteiger partial charge on any atom is -0.268 e. The van der Waals surface area contributed by atoms with Crippen molar-refractivity contribution < 1.29 is 0 Å². The Kier molecular flexibility index (Phi) is 2.25. The van der Waals surface area contributed by atoms with Crippen LogP contribution in [0.15, 0.2) is 6.33 Å². The third kappa shape index (κ3) is 1.29. The van der Waals surface area contributed by atoms with E-state index in [1.165, 1.54) is 6.33 Å². The molecule has 2 aromatic rings. The smallest absolute Gasteiger partial charge is 0.177 e. The van der Waals surface area contributed by atoms with E-state index in [0.29, 0.717) is 16.5 Å². The monoisotopic (exact) mass is 211 g/mol. The first kappa shape index (κ1) is 9.21. The second-order valence-electron chi connectivity index (χ2n) is 2.90. The van der Waals surface area contributed by atoms with Crippen LogP contribution in [0, 0.1) is 6.92 Å². The van der Waals surface area contributed by atoms with E-state index >= 15 is 0 Å². The summed E-state index contributed by atoms with van der Waals surface area (Å²) < 4.78 is 1.83. The van der Waals surface area contributed by atoms with Gasteiger partial charge in [-0.2, -0.15) is 10.2 Å². The molecule has 14 heavy (non-hydrogen) atoms. The number of hydrogen-bond acceptors (Lipinski definition) is 3. The molecule has 5 nitrogen and oxygen atoms in total. The summed E-state index contributed by atoms with van der Waals surface area (Å²) in [5.41, 5.74) is 1.60. The van der Waals surface area contributed by atoms with E-state index in [2.05, 4.69) is 20.3 Å². The molecule has 0 aliphatic heterocycles. The summed E-state index contributed by atoms with van der Waals surface area (Å²) in [6.07, 6.45) is 1.44. The van der Waals surface area contributed by atoms with Crippen LogP contribution in [0.4, 0.5) is 0 Å². The molecule has 0 amide bonds. The Balaban J connectivity index is 2.55. The molecule has 6 heteroatoms. The quantitative estimate of drug-likeness (QED) is 0.822. The van der Waals surface area contributed by atoms with Gasteiger partial charge >= 0.3 is 0 Å². The molecular weight excluding hydrogens is 202 g/mol. The fraction of sp³-hybridized carbons (Fsp3) is 0.375. The highest BCUT2D eigenvalue weighted by molar-refractivity contribution is 6.33. The van der Waals surface area contributed by atoms with Gasteiger partial charge in [-0.1, -0.05) is 11.6 Å². The number of rotatable bonds is 2. The van der Waals surface area contributed by atoms with Crippen molar-refractivity contribution in [3.63, 3.8) is 0 Å². The molecular formula is C8H10ClN5. The fourth-order valence-corrected chi connectivity index (χ4v) is 1.53. The second kappa shape index (κ2) is 3.42. The average Bonchev–Trinajstić information content (AvgIpc) is 2.78. The van der Waals surface area contributed by atoms with Crippen LogP contribution in [0.5, 0.6) is 0 Å². The lowest BCUT2D eigenvalue weighted by molar-refractivity contribution is 0.641. The molecule has 0 aliphatic rings. The molecule has 74 valence electrons. The van der Waals surface area contributed by atoms with Crippen LogP contribution in [0.25, 0.3) is 11.5 Å². The standard InChI is InChI=1S/C8H10ClN5/c1-3-14-5(2)6(9)7(13-14)8-10-4-11-12-8/h4H,3H2,1-2H3,(H,10,11,12). The zero-order valence-electron chi connectivity index (χ0n) is 7.95. The molecule has 0 unspecified atom stereocenters. The van der Waals surface area contributed by atoms with E-state index in [4.69, 9.17) is 11.6 Å². The maximum absolute atomic E-state index is 6.11. The number of halogens is 1. The molecule has 1 N–H and O–H groups in total. The van der Waals surface area contributed by atoms with Crippen molar-refractivity contribution in [3.05, 3.63) is 17.0 Å². The number of aryl methyl sites for hydroxylation is 1. The second-order valence-corrected chi connectivity index (χ2v) is 3.28. The number of nitrogens with zero attached hydrogens (tertiary/aromatic N) is 4. The van der Waals surface area contributed by atoms with Gasteiger partial charge in [0.25, 0.3) is 0 Å². The first-order valence-electron chi connectivity index (χ1n) is 4.32. The molecule has 0 saturated heterocycles. The number of nitrogens with one attached hydrogen (secondary N) is 1. The molecule has 0 spiro atoms. The lowest BCUT2D eigenvalue weighted by Crippen LogP contribution is -1.98. The normalized spacial score (nSPS) is 10.8. The number of H-pyrrole nitrogens is 1. The van der Waals surface area contributed by atoms with Crippen molar-refractivity contribution in [2.75, 3.05) is 0 Å². The Morgan fingerprint density at radius 2 is 2.36 bits per heavy atom. The first-order chi connectivity index (χ1) is 6.74. The van der Waals surface area contributed by atoms with Gasteiger partial charge < -0.3 is 0 Å². The Labute approximate surface area is 86.1 Å². The average molecular weight is 212 g/mol. The van der Waals surface area contributed by atoms with Crippen LogP contribution in [0.1, 0.15) is 12.6 Å². The van der Waals surface area contributed by atoms with E-state index in [9.17, 15) is 0 Å². The van der Waals surface area contributed by atoms with Crippen molar-refractivity contribution in [2.24, 2.45) is 0 Å². The van der Waals surface area contributed by atoms with E-state index in [0.717, 1.165) is 12.2 Å². The van der Waals surface area contributed by atoms with Gasteiger partial charge in [0, 0.05) is 6.54 Å². The summed E-state index contributed by atoms with van der Waals surface area (Å²) in [6.45, 7) is 4.74. The summed E-state index contributed by atoms with van der Waals surface area (Å²) in [6, 6.07) is 0. The van der Waals surface area contributed by atoms with Gasteiger partial charge in [-0.25, -0.2) is 4.98 Å². The van der Waals surface area contributed by atoms with Crippen LogP contribution in [-0.4, -0.2) is 25.0 Å². The first-order valence-corrected chi connectivity index (χ1v) is 4.70. The third-order valence-electron chi connectivity index (χ3n) is 2.07. The summed E-state index contributed by atoms with van der Waals surface area (Å²) in [5, 5.41) is 11.4. The van der Waals surface area contributed by atoms with Gasteiger partial charge in [0.15, 0.2) is 5.82 Å². The van der Waals surface area contributed by atoms with Crippen molar-refractivity contribution >= 4 is 11.6 Å². The van der Waals surface area contributed by atoms with Crippen LogP contribution in [-0.2, 0) is 6.54 Å². The van der Waals surface area contributed by atoms with Gasteiger partial charge in [-0.3, -0.25) is 9.78 Å². The molecule has 2 aromatic heterocycles. The molecule has 0 saturated carbocycles.